The van der Waals surface area contributed by atoms with Crippen LogP contribution in [0.4, 0.5) is 11.4 Å². The van der Waals surface area contributed by atoms with Gasteiger partial charge in [-0.3, -0.25) is 20.2 Å². The zero-order valence-corrected chi connectivity index (χ0v) is 16.3. The summed E-state index contributed by atoms with van der Waals surface area (Å²) in [5.74, 6) is -1.18. The monoisotopic (exact) mass is 432 g/mol. The van der Waals surface area contributed by atoms with E-state index in [-0.39, 0.29) is 33.5 Å². The van der Waals surface area contributed by atoms with Crippen molar-refractivity contribution >= 4 is 40.5 Å². The van der Waals surface area contributed by atoms with Crippen LogP contribution in [-0.4, -0.2) is 35.1 Å². The number of methoxy groups -OCH3 is 2. The van der Waals surface area contributed by atoms with Gasteiger partial charge in [0.25, 0.3) is 0 Å². The molecule has 0 radical (unpaired) electrons. The van der Waals surface area contributed by atoms with Crippen molar-refractivity contribution in [1.29, 1.82) is 0 Å². The Kier molecular flexibility index (Phi) is 7.96. The molecule has 0 fully saturated rings. The van der Waals surface area contributed by atoms with Gasteiger partial charge in [-0.25, -0.2) is 4.79 Å². The summed E-state index contributed by atoms with van der Waals surface area (Å²) in [7, 11) is 2.59. The molecule has 0 aliphatic rings. The lowest BCUT2D eigenvalue weighted by molar-refractivity contribution is -0.385. The Morgan fingerprint density at radius 2 is 1.36 bits per heavy atom. The quantitative estimate of drug-likeness (QED) is 0.536. The number of hydrogen-bond acceptors (Lipinski definition) is 7. The normalized spacial score (nSPS) is 9.75. The maximum Gasteiger partial charge on any atom is 0.337 e. The molecular weight excluding hydrogens is 419 g/mol. The second-order valence-electron chi connectivity index (χ2n) is 5.10. The third-order valence-electron chi connectivity index (χ3n) is 3.35. The van der Waals surface area contributed by atoms with Crippen molar-refractivity contribution in [3.05, 3.63) is 65.7 Å². The van der Waals surface area contributed by atoms with Gasteiger partial charge in [-0.15, -0.1) is 0 Å². The Hall–Kier alpha value is -3.11. The molecule has 0 amide bonds. The van der Waals surface area contributed by atoms with Gasteiger partial charge in [0.05, 0.1) is 39.7 Å². The highest BCUT2D eigenvalue weighted by Gasteiger charge is 2.21. The van der Waals surface area contributed by atoms with Gasteiger partial charge in [-0.1, -0.05) is 23.2 Å². The van der Waals surface area contributed by atoms with Crippen LogP contribution in [0.5, 0.6) is 11.5 Å². The number of nitro benzene ring substituents is 2. The molecule has 0 heterocycles. The van der Waals surface area contributed by atoms with Crippen molar-refractivity contribution in [3.8, 4) is 11.5 Å². The molecule has 0 aromatic heterocycles. The molecule has 2 aromatic carbocycles. The highest BCUT2D eigenvalue weighted by atomic mass is 35.5. The molecule has 0 aliphatic carbocycles. The van der Waals surface area contributed by atoms with Crippen LogP contribution in [0.25, 0.3) is 0 Å². The number of halogens is 2. The van der Waals surface area contributed by atoms with E-state index in [2.05, 4.69) is 4.74 Å². The first-order valence-electron chi connectivity index (χ1n) is 7.27. The Balaban J connectivity index is 0.000000283. The standard InChI is InChI=1S/C8H6ClNO5.C8H8ClNO3/c1-15-7-2-4(8(11)12)5(9)3-6(7)10(13)14;1-5-3-8(13-2)7(10(11)12)4-6(5)9/h2-3H,1H3,(H,11,12);3-4H,1-2H3. The number of aryl methyl sites for hydroxylation is 1. The minimum atomic E-state index is -1.27. The second kappa shape index (κ2) is 9.72. The van der Waals surface area contributed by atoms with E-state index >= 15 is 0 Å². The van der Waals surface area contributed by atoms with Crippen molar-refractivity contribution in [2.45, 2.75) is 6.92 Å². The summed E-state index contributed by atoms with van der Waals surface area (Å²) >= 11 is 11.3. The molecule has 10 nitrogen and oxygen atoms in total. The lowest BCUT2D eigenvalue weighted by atomic mass is 10.2. The third-order valence-corrected chi connectivity index (χ3v) is 4.07. The van der Waals surface area contributed by atoms with Gasteiger partial charge in [0.15, 0.2) is 11.5 Å². The number of carboxylic acids is 1. The lowest BCUT2D eigenvalue weighted by Gasteiger charge is -2.04. The smallest absolute Gasteiger partial charge is 0.337 e. The minimum Gasteiger partial charge on any atom is -0.490 e. The van der Waals surface area contributed by atoms with Gasteiger partial charge in [0.2, 0.25) is 0 Å². The Labute approximate surface area is 168 Å². The number of nitrogens with zero attached hydrogens (tertiary/aromatic N) is 2. The van der Waals surface area contributed by atoms with Gasteiger partial charge in [0, 0.05) is 18.2 Å². The van der Waals surface area contributed by atoms with E-state index in [0.717, 1.165) is 17.7 Å². The highest BCUT2D eigenvalue weighted by Crippen LogP contribution is 2.33. The number of nitro groups is 2. The summed E-state index contributed by atoms with van der Waals surface area (Å²) in [5.41, 5.74) is 0.0360. The number of benzene rings is 2. The molecule has 0 saturated carbocycles. The largest absolute Gasteiger partial charge is 0.490 e. The van der Waals surface area contributed by atoms with Crippen LogP contribution in [0.15, 0.2) is 24.3 Å². The zero-order valence-electron chi connectivity index (χ0n) is 14.8. The van der Waals surface area contributed by atoms with Crippen LogP contribution in [0.2, 0.25) is 10.0 Å². The van der Waals surface area contributed by atoms with E-state index in [1.54, 1.807) is 13.0 Å². The number of hydrogen-bond donors (Lipinski definition) is 1. The van der Waals surface area contributed by atoms with Crippen LogP contribution >= 0.6 is 23.2 Å². The number of aromatic carboxylic acids is 1. The summed E-state index contributed by atoms with van der Waals surface area (Å²) < 4.78 is 9.53. The van der Waals surface area contributed by atoms with Crippen molar-refractivity contribution in [2.24, 2.45) is 0 Å². The summed E-state index contributed by atoms with van der Waals surface area (Å²) in [5, 5.41) is 29.9. The number of carboxylic acid groups (broad SMARTS) is 1. The fraction of sp³-hybridized carbons (Fsp3) is 0.188. The summed E-state index contributed by atoms with van der Waals surface area (Å²) in [6, 6.07) is 4.79. The molecule has 0 aliphatic heterocycles. The molecule has 2 aromatic rings. The first-order chi connectivity index (χ1) is 13.0. The van der Waals surface area contributed by atoms with Gasteiger partial charge >= 0.3 is 17.3 Å². The molecule has 2 rings (SSSR count). The van der Waals surface area contributed by atoms with Crippen molar-refractivity contribution in [3.63, 3.8) is 0 Å². The average Bonchev–Trinajstić information content (AvgIpc) is 2.63. The summed E-state index contributed by atoms with van der Waals surface area (Å²) in [4.78, 5) is 30.5. The molecule has 12 heteroatoms. The molecule has 0 atom stereocenters. The Bertz CT molecular complexity index is 933. The van der Waals surface area contributed by atoms with Crippen LogP contribution in [0.3, 0.4) is 0 Å². The minimum absolute atomic E-state index is 0.113. The first-order valence-corrected chi connectivity index (χ1v) is 8.02. The predicted octanol–water partition coefficient (Wildman–Crippen LogP) is 4.52. The van der Waals surface area contributed by atoms with Gasteiger partial charge in [0.1, 0.15) is 0 Å². The molecule has 150 valence electrons. The molecule has 0 bridgehead atoms. The van der Waals surface area contributed by atoms with E-state index in [1.165, 1.54) is 20.3 Å². The average molecular weight is 433 g/mol. The number of rotatable bonds is 5. The highest BCUT2D eigenvalue weighted by molar-refractivity contribution is 6.33. The molecule has 0 spiro atoms. The summed E-state index contributed by atoms with van der Waals surface area (Å²) in [6.07, 6.45) is 0. The topological polar surface area (TPSA) is 142 Å². The zero-order chi connectivity index (χ0) is 21.6. The number of ether oxygens (including phenoxy) is 2. The van der Waals surface area contributed by atoms with E-state index in [9.17, 15) is 25.0 Å². The van der Waals surface area contributed by atoms with Crippen molar-refractivity contribution in [1.82, 2.24) is 0 Å². The maximum absolute atomic E-state index is 10.7. The van der Waals surface area contributed by atoms with Crippen LogP contribution in [0, 0.1) is 27.2 Å². The fourth-order valence-corrected chi connectivity index (χ4v) is 2.36. The van der Waals surface area contributed by atoms with Crippen LogP contribution in [0.1, 0.15) is 15.9 Å². The number of carbonyl (C=O) groups is 1. The van der Waals surface area contributed by atoms with E-state index in [4.69, 9.17) is 33.0 Å². The molecule has 28 heavy (non-hydrogen) atoms. The fourth-order valence-electron chi connectivity index (χ4n) is 1.96. The second-order valence-corrected chi connectivity index (χ2v) is 5.91. The molecule has 0 saturated heterocycles. The lowest BCUT2D eigenvalue weighted by Crippen LogP contribution is -2.01. The van der Waals surface area contributed by atoms with Crippen LogP contribution in [-0.2, 0) is 0 Å². The molecular formula is C16H14Cl2N2O8. The van der Waals surface area contributed by atoms with Crippen molar-refractivity contribution in [2.75, 3.05) is 14.2 Å². The van der Waals surface area contributed by atoms with Gasteiger partial charge in [-0.2, -0.15) is 0 Å². The Morgan fingerprint density at radius 1 is 0.929 bits per heavy atom. The summed E-state index contributed by atoms with van der Waals surface area (Å²) in [6.45, 7) is 1.76. The van der Waals surface area contributed by atoms with Crippen molar-refractivity contribution < 1.29 is 29.2 Å². The first kappa shape index (κ1) is 22.9. The maximum atomic E-state index is 10.7. The van der Waals surface area contributed by atoms with Crippen LogP contribution < -0.4 is 9.47 Å². The molecule has 1 N–H and O–H groups in total. The predicted molar refractivity (Wildman–Crippen MR) is 101 cm³/mol. The van der Waals surface area contributed by atoms with E-state index < -0.39 is 15.8 Å². The van der Waals surface area contributed by atoms with Gasteiger partial charge < -0.3 is 14.6 Å². The SMILES string of the molecule is COc1cc(C(=O)O)c(Cl)cc1[N+](=O)[O-].COc1cc(C)c(Cl)cc1[N+](=O)[O-]. The van der Waals surface area contributed by atoms with Gasteiger partial charge in [-0.05, 0) is 18.6 Å². The Morgan fingerprint density at radius 3 is 1.75 bits per heavy atom. The van der Waals surface area contributed by atoms with E-state index in [0.29, 0.717) is 5.02 Å². The molecule has 0 unspecified atom stereocenters. The third kappa shape index (κ3) is 5.44. The van der Waals surface area contributed by atoms with E-state index in [1.807, 2.05) is 0 Å².